The Morgan fingerprint density at radius 3 is 2.23 bits per heavy atom. The first-order valence-electron chi connectivity index (χ1n) is 7.57. The van der Waals surface area contributed by atoms with Crippen LogP contribution in [-0.2, 0) is 11.0 Å². The molecular weight excluding hydrogens is 294 g/mol. The molecule has 5 heteroatoms. The Hall–Kier alpha value is -1.59. The van der Waals surface area contributed by atoms with Crippen LogP contribution in [0, 0.1) is 6.92 Å². The van der Waals surface area contributed by atoms with Gasteiger partial charge in [0.2, 0.25) is 0 Å². The molecule has 1 unspecified atom stereocenters. The molecule has 0 radical (unpaired) electrons. The van der Waals surface area contributed by atoms with Crippen LogP contribution in [-0.4, -0.2) is 19.4 Å². The fourth-order valence-corrected chi connectivity index (χ4v) is 2.98. The van der Waals surface area contributed by atoms with Gasteiger partial charge in [0.05, 0.1) is 22.7 Å². The van der Waals surface area contributed by atoms with Crippen molar-refractivity contribution in [3.8, 4) is 11.1 Å². The van der Waals surface area contributed by atoms with Crippen molar-refractivity contribution in [1.82, 2.24) is 14.7 Å². The number of aromatic nitrogens is 2. The summed E-state index contributed by atoms with van der Waals surface area (Å²) in [6.07, 6.45) is 4.58. The quantitative estimate of drug-likeness (QED) is 0.886. The molecule has 4 nitrogen and oxygen atoms in total. The zero-order chi connectivity index (χ0) is 16.1. The molecule has 22 heavy (non-hydrogen) atoms. The summed E-state index contributed by atoms with van der Waals surface area (Å²) in [6, 6.07) is 7.99. The zero-order valence-corrected chi connectivity index (χ0v) is 14.4. The van der Waals surface area contributed by atoms with Gasteiger partial charge >= 0.3 is 0 Å². The molecule has 2 heterocycles. The predicted molar refractivity (Wildman–Crippen MR) is 91.7 cm³/mol. The third-order valence-corrected chi connectivity index (χ3v) is 5.36. The number of hydrogen-bond donors (Lipinski definition) is 1. The lowest BCUT2D eigenvalue weighted by Gasteiger charge is -2.16. The highest BCUT2D eigenvalue weighted by molar-refractivity contribution is 7.83. The van der Waals surface area contributed by atoms with E-state index in [2.05, 4.69) is 14.7 Å². The van der Waals surface area contributed by atoms with E-state index in [1.165, 1.54) is 0 Å². The van der Waals surface area contributed by atoms with Gasteiger partial charge in [-0.3, -0.25) is 9.97 Å². The lowest BCUT2D eigenvalue weighted by atomic mass is 10.1. The molecule has 2 aromatic heterocycles. The highest BCUT2D eigenvalue weighted by Gasteiger charge is 2.14. The molecule has 0 amide bonds. The molecule has 1 N–H and O–H groups in total. The summed E-state index contributed by atoms with van der Waals surface area (Å²) in [5.41, 5.74) is 3.97. The number of nitrogens with zero attached hydrogens (tertiary/aromatic N) is 2. The first-order valence-corrected chi connectivity index (χ1v) is 8.78. The molecule has 2 rings (SSSR count). The number of hydrogen-bond acceptors (Lipinski definition) is 3. The third-order valence-electron chi connectivity index (χ3n) is 3.71. The van der Waals surface area contributed by atoms with Gasteiger partial charge in [0.1, 0.15) is 0 Å². The maximum atomic E-state index is 12.0. The molecule has 0 saturated heterocycles. The Balaban J connectivity index is 2.08. The van der Waals surface area contributed by atoms with E-state index in [-0.39, 0.29) is 11.3 Å². The fourth-order valence-electron chi connectivity index (χ4n) is 1.97. The zero-order valence-electron chi connectivity index (χ0n) is 13.5. The van der Waals surface area contributed by atoms with Crippen molar-refractivity contribution in [3.05, 3.63) is 48.0 Å². The first-order chi connectivity index (χ1) is 10.5. The molecule has 0 fully saturated rings. The molecule has 118 valence electrons. The van der Waals surface area contributed by atoms with Crippen molar-refractivity contribution in [3.63, 3.8) is 0 Å². The van der Waals surface area contributed by atoms with Crippen LogP contribution in [0.25, 0.3) is 11.1 Å². The van der Waals surface area contributed by atoms with E-state index in [4.69, 9.17) is 0 Å². The summed E-state index contributed by atoms with van der Waals surface area (Å²) in [6.45, 7) is 7.97. The van der Waals surface area contributed by atoms with E-state index in [0.29, 0.717) is 0 Å². The van der Waals surface area contributed by atoms with Gasteiger partial charge in [-0.05, 0) is 39.3 Å². The highest BCUT2D eigenvalue weighted by atomic mass is 32.2. The van der Waals surface area contributed by atoms with E-state index in [1.54, 1.807) is 0 Å². The topological polar surface area (TPSA) is 54.9 Å². The summed E-state index contributed by atoms with van der Waals surface area (Å²) in [4.78, 5) is 8.79. The maximum absolute atomic E-state index is 12.0. The molecule has 2 aromatic rings. The van der Waals surface area contributed by atoms with Gasteiger partial charge in [-0.25, -0.2) is 8.93 Å². The van der Waals surface area contributed by atoms with Crippen molar-refractivity contribution < 1.29 is 4.21 Å². The number of aryl methyl sites for hydroxylation is 1. The number of pyridine rings is 2. The summed E-state index contributed by atoms with van der Waals surface area (Å²) in [7, 11) is -1.04. The Morgan fingerprint density at radius 2 is 1.73 bits per heavy atom. The average Bonchev–Trinajstić information content (AvgIpc) is 2.54. The molecule has 0 spiro atoms. The molecule has 0 aromatic carbocycles. The van der Waals surface area contributed by atoms with Gasteiger partial charge in [0, 0.05) is 34.5 Å². The molecule has 0 bridgehead atoms. The van der Waals surface area contributed by atoms with Crippen LogP contribution in [0.15, 0.2) is 36.7 Å². The molecular formula is C17H23N3OS. The van der Waals surface area contributed by atoms with Crippen LogP contribution in [0.3, 0.4) is 0 Å². The van der Waals surface area contributed by atoms with Gasteiger partial charge < -0.3 is 0 Å². The van der Waals surface area contributed by atoms with Crippen LogP contribution in [0.1, 0.15) is 44.6 Å². The lowest BCUT2D eigenvalue weighted by molar-refractivity contribution is 0.632. The standard InChI is InChI=1S/C17H23N3OS/c1-5-13(3)22(21)20-14(4)17-9-8-16(11-19-17)15-7-6-12(2)18-10-15/h6-11,13-14,20H,5H2,1-4H3/t13-,14-,22?/m1/s1. The third kappa shape index (κ3) is 4.21. The first kappa shape index (κ1) is 16.8. The van der Waals surface area contributed by atoms with Crippen molar-refractivity contribution >= 4 is 11.0 Å². The fraction of sp³-hybridized carbons (Fsp3) is 0.412. The second-order valence-electron chi connectivity index (χ2n) is 5.52. The largest absolute Gasteiger partial charge is 0.261 e. The summed E-state index contributed by atoms with van der Waals surface area (Å²) >= 11 is 0. The van der Waals surface area contributed by atoms with E-state index < -0.39 is 11.0 Å². The predicted octanol–water partition coefficient (Wildman–Crippen LogP) is 3.56. The minimum atomic E-state index is -1.04. The van der Waals surface area contributed by atoms with Crippen molar-refractivity contribution in [2.75, 3.05) is 0 Å². The molecule has 0 saturated carbocycles. The molecule has 3 atom stereocenters. The minimum Gasteiger partial charge on any atom is -0.261 e. The Labute approximate surface area is 135 Å². The van der Waals surface area contributed by atoms with Crippen LogP contribution in [0.4, 0.5) is 0 Å². The van der Waals surface area contributed by atoms with Crippen molar-refractivity contribution in [2.45, 2.75) is 45.4 Å². The lowest BCUT2D eigenvalue weighted by Crippen LogP contribution is -2.28. The van der Waals surface area contributed by atoms with Crippen LogP contribution < -0.4 is 4.72 Å². The van der Waals surface area contributed by atoms with Crippen LogP contribution >= 0.6 is 0 Å². The Morgan fingerprint density at radius 1 is 1.09 bits per heavy atom. The second-order valence-corrected chi connectivity index (χ2v) is 7.15. The average molecular weight is 317 g/mol. The number of nitrogens with one attached hydrogen (secondary N) is 1. The maximum Gasteiger partial charge on any atom is 0.0950 e. The molecule has 0 aliphatic carbocycles. The second kappa shape index (κ2) is 7.61. The van der Waals surface area contributed by atoms with E-state index >= 15 is 0 Å². The van der Waals surface area contributed by atoms with Gasteiger partial charge in [-0.2, -0.15) is 0 Å². The van der Waals surface area contributed by atoms with E-state index in [9.17, 15) is 4.21 Å². The monoisotopic (exact) mass is 317 g/mol. The highest BCUT2D eigenvalue weighted by Crippen LogP contribution is 2.20. The molecule has 0 aliphatic heterocycles. The Kier molecular flexibility index (Phi) is 5.80. The van der Waals surface area contributed by atoms with E-state index in [0.717, 1.165) is 28.9 Å². The summed E-state index contributed by atoms with van der Waals surface area (Å²) in [5.74, 6) is 0. The van der Waals surface area contributed by atoms with E-state index in [1.807, 2.05) is 64.4 Å². The van der Waals surface area contributed by atoms with Crippen molar-refractivity contribution in [2.24, 2.45) is 0 Å². The summed E-state index contributed by atoms with van der Waals surface area (Å²) < 4.78 is 15.2. The smallest absolute Gasteiger partial charge is 0.0950 e. The normalized spacial score (nSPS) is 15.3. The van der Waals surface area contributed by atoms with Crippen molar-refractivity contribution in [1.29, 1.82) is 0 Å². The van der Waals surface area contributed by atoms with Gasteiger partial charge in [-0.1, -0.05) is 19.1 Å². The number of rotatable bonds is 6. The van der Waals surface area contributed by atoms with Crippen LogP contribution in [0.2, 0.25) is 0 Å². The van der Waals surface area contributed by atoms with Gasteiger partial charge in [0.15, 0.2) is 0 Å². The summed E-state index contributed by atoms with van der Waals surface area (Å²) in [5, 5.41) is 0.139. The Bertz CT molecular complexity index is 625. The molecule has 0 aliphatic rings. The minimum absolute atomic E-state index is 0.0416. The van der Waals surface area contributed by atoms with Gasteiger partial charge in [0.25, 0.3) is 0 Å². The van der Waals surface area contributed by atoms with Gasteiger partial charge in [-0.15, -0.1) is 0 Å². The van der Waals surface area contributed by atoms with Crippen LogP contribution in [0.5, 0.6) is 0 Å². The SMILES string of the molecule is CC[C@@H](C)S(=O)N[C@H](C)c1ccc(-c2ccc(C)nc2)cn1.